The molecule has 2 aromatic heterocycles. The molecule has 0 radical (unpaired) electrons. The maximum absolute atomic E-state index is 12.0. The number of fused-ring (bicyclic) bond motifs is 1. The Morgan fingerprint density at radius 2 is 1.86 bits per heavy atom. The zero-order chi connectivity index (χ0) is 15.5. The van der Waals surface area contributed by atoms with Crippen LogP contribution >= 0.6 is 0 Å². The second-order valence-electron chi connectivity index (χ2n) is 5.00. The van der Waals surface area contributed by atoms with E-state index in [1.807, 2.05) is 0 Å². The molecule has 1 aliphatic carbocycles. The fourth-order valence-corrected chi connectivity index (χ4v) is 2.39. The van der Waals surface area contributed by atoms with E-state index in [0.29, 0.717) is 4.73 Å². The third kappa shape index (κ3) is 2.80. The summed E-state index contributed by atoms with van der Waals surface area (Å²) in [6.45, 7) is -0.136. The van der Waals surface area contributed by atoms with Gasteiger partial charge in [-0.25, -0.2) is 9.48 Å². The Morgan fingerprint density at radius 3 is 2.59 bits per heavy atom. The summed E-state index contributed by atoms with van der Waals surface area (Å²) in [5, 5.41) is 27.0. The SMILES string of the molecule is O=C(Cn1nnc2c1CCC=CCC2)On1c(O)ccc1O. The highest BCUT2D eigenvalue weighted by Gasteiger charge is 2.18. The number of nitrogens with zero attached hydrogens (tertiary/aromatic N) is 4. The molecule has 0 aromatic carbocycles. The number of rotatable bonds is 3. The molecule has 2 heterocycles. The van der Waals surface area contributed by atoms with E-state index in [1.165, 1.54) is 16.8 Å². The van der Waals surface area contributed by atoms with Crippen molar-refractivity contribution in [3.05, 3.63) is 35.7 Å². The first-order valence-electron chi connectivity index (χ1n) is 7.02. The zero-order valence-corrected chi connectivity index (χ0v) is 11.8. The van der Waals surface area contributed by atoms with Crippen molar-refractivity contribution < 1.29 is 19.8 Å². The second kappa shape index (κ2) is 5.92. The maximum atomic E-state index is 12.0. The summed E-state index contributed by atoms with van der Waals surface area (Å²) in [5.74, 6) is -1.37. The molecule has 1 aliphatic rings. The number of carbonyl (C=O) groups excluding carboxylic acids is 1. The number of hydrogen-bond donors (Lipinski definition) is 2. The molecule has 0 fully saturated rings. The minimum Gasteiger partial charge on any atom is -0.492 e. The minimum atomic E-state index is -0.660. The quantitative estimate of drug-likeness (QED) is 0.804. The van der Waals surface area contributed by atoms with Crippen molar-refractivity contribution in [2.45, 2.75) is 32.2 Å². The van der Waals surface area contributed by atoms with Crippen LogP contribution in [0.2, 0.25) is 0 Å². The summed E-state index contributed by atoms with van der Waals surface area (Å²) < 4.78 is 2.17. The molecule has 0 spiro atoms. The summed E-state index contributed by atoms with van der Waals surface area (Å²) in [5.41, 5.74) is 1.81. The van der Waals surface area contributed by atoms with Crippen LogP contribution in [0.3, 0.4) is 0 Å². The van der Waals surface area contributed by atoms with Crippen molar-refractivity contribution in [1.29, 1.82) is 0 Å². The molecule has 0 bridgehead atoms. The van der Waals surface area contributed by atoms with Crippen molar-refractivity contribution in [2.24, 2.45) is 0 Å². The average Bonchev–Trinajstić information content (AvgIpc) is 2.96. The Kier molecular flexibility index (Phi) is 3.82. The molecule has 116 valence electrons. The number of hydrogen-bond acceptors (Lipinski definition) is 6. The molecule has 0 amide bonds. The number of aromatic nitrogens is 4. The van der Waals surface area contributed by atoms with Gasteiger partial charge in [0.05, 0.1) is 11.4 Å². The molecule has 0 saturated carbocycles. The monoisotopic (exact) mass is 304 g/mol. The van der Waals surface area contributed by atoms with E-state index in [4.69, 9.17) is 4.84 Å². The summed E-state index contributed by atoms with van der Waals surface area (Å²) in [7, 11) is 0. The predicted octanol–water partition coefficient (Wildman–Crippen LogP) is 0.581. The smallest absolute Gasteiger partial charge is 0.354 e. The highest BCUT2D eigenvalue weighted by atomic mass is 16.7. The first-order valence-corrected chi connectivity index (χ1v) is 7.02. The topological polar surface area (TPSA) is 102 Å². The van der Waals surface area contributed by atoms with Gasteiger partial charge in [0.1, 0.15) is 6.54 Å². The van der Waals surface area contributed by atoms with Crippen molar-refractivity contribution in [3.63, 3.8) is 0 Å². The van der Waals surface area contributed by atoms with Gasteiger partial charge in [-0.3, -0.25) is 0 Å². The lowest BCUT2D eigenvalue weighted by molar-refractivity contribution is -0.146. The molecule has 2 N–H and O–H groups in total. The van der Waals surface area contributed by atoms with E-state index in [1.54, 1.807) is 0 Å². The largest absolute Gasteiger partial charge is 0.492 e. The Morgan fingerprint density at radius 1 is 1.18 bits per heavy atom. The van der Waals surface area contributed by atoms with E-state index < -0.39 is 5.97 Å². The van der Waals surface area contributed by atoms with Crippen molar-refractivity contribution in [2.75, 3.05) is 0 Å². The molecule has 2 aromatic rings. The van der Waals surface area contributed by atoms with Crippen LogP contribution in [-0.2, 0) is 24.2 Å². The first-order chi connectivity index (χ1) is 10.6. The Bertz CT molecular complexity index is 697. The predicted molar refractivity (Wildman–Crippen MR) is 75.2 cm³/mol. The summed E-state index contributed by atoms with van der Waals surface area (Å²) >= 11 is 0. The van der Waals surface area contributed by atoms with E-state index in [-0.39, 0.29) is 18.3 Å². The molecule has 0 aliphatic heterocycles. The van der Waals surface area contributed by atoms with Crippen molar-refractivity contribution in [1.82, 2.24) is 19.7 Å². The Balaban J connectivity index is 1.72. The molecule has 0 unspecified atom stereocenters. The van der Waals surface area contributed by atoms with Gasteiger partial charge >= 0.3 is 5.97 Å². The van der Waals surface area contributed by atoms with Crippen molar-refractivity contribution in [3.8, 4) is 11.8 Å². The number of aromatic hydroxyl groups is 2. The van der Waals surface area contributed by atoms with E-state index in [9.17, 15) is 15.0 Å². The zero-order valence-electron chi connectivity index (χ0n) is 11.8. The second-order valence-corrected chi connectivity index (χ2v) is 5.00. The third-order valence-electron chi connectivity index (χ3n) is 3.45. The maximum Gasteiger partial charge on any atom is 0.354 e. The van der Waals surface area contributed by atoms with Gasteiger partial charge in [0, 0.05) is 12.1 Å². The molecule has 8 nitrogen and oxygen atoms in total. The first kappa shape index (κ1) is 14.2. The molecule has 3 rings (SSSR count). The van der Waals surface area contributed by atoms with Gasteiger partial charge in [-0.2, -0.15) is 0 Å². The highest BCUT2D eigenvalue weighted by molar-refractivity contribution is 5.69. The number of carbonyl (C=O) groups is 1. The van der Waals surface area contributed by atoms with Crippen LogP contribution in [0.5, 0.6) is 11.8 Å². The molecule has 8 heteroatoms. The standard InChI is InChI=1S/C14H16N4O4/c19-12-7-8-13(20)18(12)22-14(21)9-17-11-6-4-2-1-3-5-10(11)15-16-17/h1-2,7-8,19-20H,3-6,9H2. The lowest BCUT2D eigenvalue weighted by atomic mass is 10.1. The molecule has 0 saturated heterocycles. The molecular weight excluding hydrogens is 288 g/mol. The normalized spacial score (nSPS) is 14.2. The Hall–Kier alpha value is -2.77. The van der Waals surface area contributed by atoms with Gasteiger partial charge in [0.2, 0.25) is 11.8 Å². The average molecular weight is 304 g/mol. The molecule has 0 atom stereocenters. The van der Waals surface area contributed by atoms with E-state index in [2.05, 4.69) is 22.5 Å². The Labute approximate surface area is 126 Å². The lowest BCUT2D eigenvalue weighted by Crippen LogP contribution is -2.25. The summed E-state index contributed by atoms with van der Waals surface area (Å²) in [6, 6.07) is 2.44. The van der Waals surface area contributed by atoms with Crippen LogP contribution in [0, 0.1) is 0 Å². The van der Waals surface area contributed by atoms with Gasteiger partial charge in [-0.15, -0.1) is 9.83 Å². The van der Waals surface area contributed by atoms with Crippen LogP contribution in [0.15, 0.2) is 24.3 Å². The molecule has 22 heavy (non-hydrogen) atoms. The van der Waals surface area contributed by atoms with Gasteiger partial charge in [0.15, 0.2) is 0 Å². The van der Waals surface area contributed by atoms with Crippen LogP contribution < -0.4 is 4.84 Å². The van der Waals surface area contributed by atoms with Crippen LogP contribution in [0.1, 0.15) is 24.2 Å². The lowest BCUT2D eigenvalue weighted by Gasteiger charge is -2.09. The third-order valence-corrected chi connectivity index (χ3v) is 3.45. The van der Waals surface area contributed by atoms with Gasteiger partial charge in [-0.05, 0) is 25.7 Å². The van der Waals surface area contributed by atoms with Crippen LogP contribution in [-0.4, -0.2) is 35.9 Å². The highest BCUT2D eigenvalue weighted by Crippen LogP contribution is 2.19. The summed E-state index contributed by atoms with van der Waals surface area (Å²) in [6.07, 6.45) is 7.55. The summed E-state index contributed by atoms with van der Waals surface area (Å²) in [4.78, 5) is 16.9. The fourth-order valence-electron chi connectivity index (χ4n) is 2.39. The van der Waals surface area contributed by atoms with Crippen molar-refractivity contribution >= 4 is 5.97 Å². The number of aryl methyl sites for hydroxylation is 1. The fraction of sp³-hybridized carbons (Fsp3) is 0.357. The van der Waals surface area contributed by atoms with Gasteiger partial charge in [-0.1, -0.05) is 17.4 Å². The van der Waals surface area contributed by atoms with E-state index in [0.717, 1.165) is 37.1 Å². The van der Waals surface area contributed by atoms with E-state index >= 15 is 0 Å². The van der Waals surface area contributed by atoms with Gasteiger partial charge in [0.25, 0.3) is 0 Å². The van der Waals surface area contributed by atoms with Gasteiger partial charge < -0.3 is 15.1 Å². The van der Waals surface area contributed by atoms with Crippen LogP contribution in [0.25, 0.3) is 0 Å². The van der Waals surface area contributed by atoms with Crippen LogP contribution in [0.4, 0.5) is 0 Å². The number of allylic oxidation sites excluding steroid dienone is 2. The minimum absolute atomic E-state index is 0.136. The molecular formula is C14H16N4O4.